The normalized spacial score (nSPS) is 14.3. The monoisotopic (exact) mass is 618 g/mol. The average Bonchev–Trinajstić information content (AvgIpc) is 3.74. The molecular formula is C33H29F3N4O3S. The molecule has 7 nitrogen and oxygen atoms in total. The standard InChI is InChI=1S/C33H29F3N4O3S/c1-3-43-33(42)29-28(26-14-15-27(44-26)32(41)39-18-20-8-12-22(35)23(36)17-20)30(37-2)25(40-31(29)24-5-4-16-38-24)13-9-19-6-10-21(34)11-7-19/h6-8,10-12,14-15,17,24,38H,3-5,9,13,16,18H2,1H3,(H,39,41)/t24-/m0/s1. The Hall–Kier alpha value is -4.53. The first-order chi connectivity index (χ1) is 21.3. The van der Waals surface area contributed by atoms with Crippen molar-refractivity contribution in [3.05, 3.63) is 116 Å². The number of carbonyl (C=O) groups is 2. The second-order valence-corrected chi connectivity index (χ2v) is 11.3. The van der Waals surface area contributed by atoms with Gasteiger partial charge < -0.3 is 15.4 Å². The second kappa shape index (κ2) is 13.8. The van der Waals surface area contributed by atoms with E-state index < -0.39 is 23.5 Å². The largest absolute Gasteiger partial charge is 0.462 e. The lowest BCUT2D eigenvalue weighted by molar-refractivity contribution is 0.0524. The fourth-order valence-electron chi connectivity index (χ4n) is 5.19. The third kappa shape index (κ3) is 6.82. The van der Waals surface area contributed by atoms with Gasteiger partial charge in [-0.2, -0.15) is 0 Å². The molecule has 1 aliphatic heterocycles. The number of halogens is 3. The Bertz CT molecular complexity index is 1730. The van der Waals surface area contributed by atoms with Crippen molar-refractivity contribution < 1.29 is 27.5 Å². The highest BCUT2D eigenvalue weighted by atomic mass is 32.1. The lowest BCUT2D eigenvalue weighted by atomic mass is 9.95. The minimum atomic E-state index is -1.01. The number of amides is 1. The first-order valence-electron chi connectivity index (χ1n) is 14.2. The predicted molar refractivity (Wildman–Crippen MR) is 161 cm³/mol. The topological polar surface area (TPSA) is 84.7 Å². The van der Waals surface area contributed by atoms with Gasteiger partial charge in [0.15, 0.2) is 11.6 Å². The molecule has 1 saturated heterocycles. The van der Waals surface area contributed by atoms with E-state index >= 15 is 0 Å². The van der Waals surface area contributed by atoms with E-state index in [0.29, 0.717) is 45.1 Å². The van der Waals surface area contributed by atoms with Crippen molar-refractivity contribution in [1.29, 1.82) is 0 Å². The highest BCUT2D eigenvalue weighted by Gasteiger charge is 2.32. The van der Waals surface area contributed by atoms with Gasteiger partial charge in [0.25, 0.3) is 5.91 Å². The maximum atomic E-state index is 13.6. The number of ether oxygens (including phenoxy) is 1. The number of hydrogen-bond acceptors (Lipinski definition) is 6. The zero-order valence-electron chi connectivity index (χ0n) is 23.9. The third-order valence-corrected chi connectivity index (χ3v) is 8.43. The van der Waals surface area contributed by atoms with Gasteiger partial charge in [0, 0.05) is 22.7 Å². The molecule has 0 radical (unpaired) electrons. The number of aromatic nitrogens is 1. The molecule has 5 rings (SSSR count). The number of rotatable bonds is 10. The number of esters is 1. The summed E-state index contributed by atoms with van der Waals surface area (Å²) in [6, 6.07) is 12.6. The van der Waals surface area contributed by atoms with Crippen molar-refractivity contribution in [2.45, 2.75) is 45.2 Å². The number of benzene rings is 2. The fourth-order valence-corrected chi connectivity index (χ4v) is 6.16. The minimum Gasteiger partial charge on any atom is -0.462 e. The van der Waals surface area contributed by atoms with E-state index in [1.807, 2.05) is 0 Å². The van der Waals surface area contributed by atoms with Crippen LogP contribution >= 0.6 is 11.3 Å². The molecule has 1 aliphatic rings. The molecule has 3 heterocycles. The number of pyridine rings is 1. The summed E-state index contributed by atoms with van der Waals surface area (Å²) in [5.41, 5.74) is 2.99. The van der Waals surface area contributed by atoms with Gasteiger partial charge >= 0.3 is 5.97 Å². The van der Waals surface area contributed by atoms with Crippen LogP contribution < -0.4 is 10.6 Å². The Morgan fingerprint density at radius 2 is 1.84 bits per heavy atom. The molecule has 44 heavy (non-hydrogen) atoms. The molecule has 2 aromatic carbocycles. The highest BCUT2D eigenvalue weighted by Crippen LogP contribution is 2.43. The summed E-state index contributed by atoms with van der Waals surface area (Å²) in [6.07, 6.45) is 2.50. The van der Waals surface area contributed by atoms with Crippen LogP contribution in [-0.2, 0) is 24.1 Å². The van der Waals surface area contributed by atoms with Crippen molar-refractivity contribution in [2.75, 3.05) is 13.2 Å². The van der Waals surface area contributed by atoms with Crippen molar-refractivity contribution >= 4 is 28.9 Å². The minimum absolute atomic E-state index is 0.0229. The molecule has 1 amide bonds. The van der Waals surface area contributed by atoms with E-state index in [-0.39, 0.29) is 36.3 Å². The molecule has 11 heteroatoms. The van der Waals surface area contributed by atoms with Gasteiger partial charge in [0.1, 0.15) is 5.82 Å². The van der Waals surface area contributed by atoms with Crippen LogP contribution in [0.1, 0.15) is 68.4 Å². The molecule has 0 saturated carbocycles. The lowest BCUT2D eigenvalue weighted by Crippen LogP contribution is -2.22. The molecule has 4 aromatic rings. The quantitative estimate of drug-likeness (QED) is 0.146. The molecule has 0 aliphatic carbocycles. The Kier molecular flexibility index (Phi) is 9.72. The van der Waals surface area contributed by atoms with Gasteiger partial charge in [0.2, 0.25) is 5.69 Å². The summed E-state index contributed by atoms with van der Waals surface area (Å²) < 4.78 is 45.8. The summed E-state index contributed by atoms with van der Waals surface area (Å²) >= 11 is 1.10. The van der Waals surface area contributed by atoms with E-state index in [2.05, 4.69) is 15.5 Å². The first kappa shape index (κ1) is 30.9. The van der Waals surface area contributed by atoms with Gasteiger partial charge in [-0.25, -0.2) is 22.8 Å². The van der Waals surface area contributed by atoms with E-state index in [9.17, 15) is 22.8 Å². The predicted octanol–water partition coefficient (Wildman–Crippen LogP) is 7.09. The van der Waals surface area contributed by atoms with Crippen molar-refractivity contribution in [1.82, 2.24) is 15.6 Å². The second-order valence-electron chi connectivity index (χ2n) is 10.2. The number of carbonyl (C=O) groups excluding carboxylic acids is 2. The molecule has 0 bridgehead atoms. The Morgan fingerprint density at radius 1 is 1.07 bits per heavy atom. The van der Waals surface area contributed by atoms with Crippen LogP contribution in [0.25, 0.3) is 15.3 Å². The van der Waals surface area contributed by atoms with Crippen LogP contribution in [0.3, 0.4) is 0 Å². The zero-order valence-corrected chi connectivity index (χ0v) is 24.7. The number of nitrogens with one attached hydrogen (secondary N) is 2. The fraction of sp³-hybridized carbons (Fsp3) is 0.273. The van der Waals surface area contributed by atoms with Crippen molar-refractivity contribution in [3.63, 3.8) is 0 Å². The van der Waals surface area contributed by atoms with Crippen LogP contribution in [0, 0.1) is 24.0 Å². The van der Waals surface area contributed by atoms with Gasteiger partial charge in [-0.1, -0.05) is 18.2 Å². The lowest BCUT2D eigenvalue weighted by Gasteiger charge is -2.21. The zero-order chi connectivity index (χ0) is 31.2. The van der Waals surface area contributed by atoms with Gasteiger partial charge in [-0.3, -0.25) is 9.78 Å². The molecule has 2 aromatic heterocycles. The SMILES string of the molecule is [C-]#[N+]c1c(CCc2ccc(F)cc2)nc([C@@H]2CCCN2)c(C(=O)OCC)c1-c1ccc(C(=O)NCc2ccc(F)c(F)c2)s1. The summed E-state index contributed by atoms with van der Waals surface area (Å²) in [6.45, 7) is 10.7. The van der Waals surface area contributed by atoms with E-state index in [1.54, 1.807) is 31.2 Å². The number of aryl methyl sites for hydroxylation is 2. The maximum Gasteiger partial charge on any atom is 0.339 e. The maximum absolute atomic E-state index is 13.6. The summed E-state index contributed by atoms with van der Waals surface area (Å²) in [4.78, 5) is 36.1. The highest BCUT2D eigenvalue weighted by molar-refractivity contribution is 7.17. The smallest absolute Gasteiger partial charge is 0.339 e. The van der Waals surface area contributed by atoms with Gasteiger partial charge in [0.05, 0.1) is 35.4 Å². The van der Waals surface area contributed by atoms with E-state index in [1.165, 1.54) is 18.2 Å². The van der Waals surface area contributed by atoms with Gasteiger partial charge in [-0.05, 0) is 86.7 Å². The summed E-state index contributed by atoms with van der Waals surface area (Å²) in [7, 11) is 0. The third-order valence-electron chi connectivity index (χ3n) is 7.33. The molecule has 2 N–H and O–H groups in total. The number of thiophene rings is 1. The molecule has 0 spiro atoms. The molecule has 1 atom stereocenters. The molecule has 1 fully saturated rings. The van der Waals surface area contributed by atoms with Crippen molar-refractivity contribution in [2.24, 2.45) is 0 Å². The van der Waals surface area contributed by atoms with Crippen LogP contribution in [0.5, 0.6) is 0 Å². The number of hydrogen-bond donors (Lipinski definition) is 2. The Morgan fingerprint density at radius 3 is 2.52 bits per heavy atom. The average molecular weight is 619 g/mol. The van der Waals surface area contributed by atoms with Crippen molar-refractivity contribution in [3.8, 4) is 10.4 Å². The van der Waals surface area contributed by atoms with Crippen LogP contribution in [0.15, 0.2) is 54.6 Å². The molecule has 226 valence electrons. The molecular weight excluding hydrogens is 589 g/mol. The van der Waals surface area contributed by atoms with E-state index in [4.69, 9.17) is 16.3 Å². The summed E-state index contributed by atoms with van der Waals surface area (Å²) in [5.74, 6) is -3.37. The Balaban J connectivity index is 1.55. The number of nitrogens with zero attached hydrogens (tertiary/aromatic N) is 2. The van der Waals surface area contributed by atoms with Crippen LogP contribution in [0.2, 0.25) is 0 Å². The van der Waals surface area contributed by atoms with Gasteiger partial charge in [-0.15, -0.1) is 11.3 Å². The van der Waals surface area contributed by atoms with Crippen LogP contribution in [0.4, 0.5) is 18.9 Å². The van der Waals surface area contributed by atoms with Crippen LogP contribution in [-0.4, -0.2) is 30.0 Å². The summed E-state index contributed by atoms with van der Waals surface area (Å²) in [5, 5.41) is 6.10. The van der Waals surface area contributed by atoms with E-state index in [0.717, 1.165) is 48.4 Å². The Labute approximate surface area is 256 Å². The first-order valence-corrected chi connectivity index (χ1v) is 15.0. The molecule has 0 unspecified atom stereocenters.